The molecular formula is C17H19F2N3O2S. The van der Waals surface area contributed by atoms with Crippen LogP contribution in [0.2, 0.25) is 0 Å². The van der Waals surface area contributed by atoms with Gasteiger partial charge in [0.25, 0.3) is 10.0 Å². The van der Waals surface area contributed by atoms with Gasteiger partial charge in [-0.15, -0.1) is 0 Å². The average molecular weight is 367 g/mol. The van der Waals surface area contributed by atoms with E-state index in [0.717, 1.165) is 44.4 Å². The fraction of sp³-hybridized carbons (Fsp3) is 0.294. The highest BCUT2D eigenvalue weighted by atomic mass is 32.2. The van der Waals surface area contributed by atoms with E-state index in [1.807, 2.05) is 7.05 Å². The summed E-state index contributed by atoms with van der Waals surface area (Å²) in [7, 11) is -2.36. The Balaban J connectivity index is 1.93. The van der Waals surface area contributed by atoms with Crippen LogP contribution in [0.25, 0.3) is 0 Å². The van der Waals surface area contributed by atoms with Crippen LogP contribution in [-0.4, -0.2) is 46.5 Å². The van der Waals surface area contributed by atoms with E-state index in [0.29, 0.717) is 11.4 Å². The van der Waals surface area contributed by atoms with Crippen LogP contribution in [0.15, 0.2) is 47.4 Å². The van der Waals surface area contributed by atoms with Crippen LogP contribution >= 0.6 is 0 Å². The highest BCUT2D eigenvalue weighted by Gasteiger charge is 2.26. The van der Waals surface area contributed by atoms with Crippen molar-refractivity contribution in [3.63, 3.8) is 0 Å². The Bertz CT molecular complexity index is 846. The molecule has 134 valence electrons. The quantitative estimate of drug-likeness (QED) is 0.902. The van der Waals surface area contributed by atoms with Crippen LogP contribution in [0.5, 0.6) is 0 Å². The average Bonchev–Trinajstić information content (AvgIpc) is 2.55. The maximum atomic E-state index is 13.9. The zero-order valence-corrected chi connectivity index (χ0v) is 14.6. The van der Waals surface area contributed by atoms with Crippen molar-refractivity contribution in [2.75, 3.05) is 42.8 Å². The molecule has 1 N–H and O–H groups in total. The summed E-state index contributed by atoms with van der Waals surface area (Å²) in [5.74, 6) is -2.24. The molecule has 0 radical (unpaired) electrons. The van der Waals surface area contributed by atoms with Gasteiger partial charge in [-0.1, -0.05) is 18.2 Å². The summed E-state index contributed by atoms with van der Waals surface area (Å²) in [5, 5.41) is 0. The van der Waals surface area contributed by atoms with Crippen molar-refractivity contribution in [2.45, 2.75) is 4.90 Å². The second kappa shape index (κ2) is 6.97. The number of rotatable bonds is 4. The van der Waals surface area contributed by atoms with Crippen molar-refractivity contribution in [3.8, 4) is 0 Å². The number of sulfonamides is 1. The molecule has 1 aliphatic rings. The minimum absolute atomic E-state index is 0.301. The van der Waals surface area contributed by atoms with Gasteiger partial charge in [-0.25, -0.2) is 17.2 Å². The Labute approximate surface area is 145 Å². The number of nitrogens with zero attached hydrogens (tertiary/aromatic N) is 2. The molecule has 0 aromatic heterocycles. The molecule has 0 atom stereocenters. The zero-order valence-electron chi connectivity index (χ0n) is 13.7. The van der Waals surface area contributed by atoms with E-state index in [9.17, 15) is 17.2 Å². The molecule has 1 saturated heterocycles. The summed E-state index contributed by atoms with van der Waals surface area (Å²) in [4.78, 5) is 3.26. The molecule has 0 spiro atoms. The van der Waals surface area contributed by atoms with Gasteiger partial charge in [0.05, 0.1) is 11.4 Å². The van der Waals surface area contributed by atoms with Crippen molar-refractivity contribution in [1.82, 2.24) is 4.90 Å². The molecule has 0 saturated carbocycles. The number of anilines is 2. The third kappa shape index (κ3) is 3.74. The predicted octanol–water partition coefficient (Wildman–Crippen LogP) is 2.52. The number of halogens is 2. The van der Waals surface area contributed by atoms with Crippen LogP contribution in [0, 0.1) is 11.6 Å². The Morgan fingerprint density at radius 3 is 2.16 bits per heavy atom. The second-order valence-corrected chi connectivity index (χ2v) is 7.58. The minimum atomic E-state index is -4.38. The summed E-state index contributed by atoms with van der Waals surface area (Å²) in [6, 6.07) is 9.82. The van der Waals surface area contributed by atoms with E-state index < -0.39 is 26.6 Å². The molecule has 0 bridgehead atoms. The van der Waals surface area contributed by atoms with Gasteiger partial charge in [-0.2, -0.15) is 0 Å². The number of hydrogen-bond donors (Lipinski definition) is 1. The van der Waals surface area contributed by atoms with Gasteiger partial charge in [-0.3, -0.25) is 4.72 Å². The van der Waals surface area contributed by atoms with Crippen molar-refractivity contribution in [2.24, 2.45) is 0 Å². The van der Waals surface area contributed by atoms with Gasteiger partial charge >= 0.3 is 0 Å². The van der Waals surface area contributed by atoms with Crippen LogP contribution in [-0.2, 0) is 10.0 Å². The molecule has 1 heterocycles. The maximum absolute atomic E-state index is 13.9. The van der Waals surface area contributed by atoms with Gasteiger partial charge in [0, 0.05) is 26.2 Å². The number of benzene rings is 2. The highest BCUT2D eigenvalue weighted by Crippen LogP contribution is 2.29. The first-order chi connectivity index (χ1) is 11.9. The summed E-state index contributed by atoms with van der Waals surface area (Å²) in [6.45, 7) is 3.18. The van der Waals surface area contributed by atoms with Gasteiger partial charge in [0.15, 0.2) is 4.90 Å². The molecule has 0 amide bonds. The Morgan fingerprint density at radius 2 is 1.52 bits per heavy atom. The van der Waals surface area contributed by atoms with E-state index >= 15 is 0 Å². The van der Waals surface area contributed by atoms with E-state index in [1.54, 1.807) is 24.3 Å². The molecule has 8 heteroatoms. The molecule has 1 aliphatic heterocycles. The first-order valence-electron chi connectivity index (χ1n) is 7.88. The first kappa shape index (κ1) is 17.6. The van der Waals surface area contributed by atoms with Crippen molar-refractivity contribution in [1.29, 1.82) is 0 Å². The zero-order chi connectivity index (χ0) is 18.0. The topological polar surface area (TPSA) is 52.6 Å². The van der Waals surface area contributed by atoms with Crippen molar-refractivity contribution >= 4 is 21.4 Å². The number of hydrogen-bond acceptors (Lipinski definition) is 4. The monoisotopic (exact) mass is 367 g/mol. The third-order valence-electron chi connectivity index (χ3n) is 4.18. The fourth-order valence-corrected chi connectivity index (χ4v) is 4.03. The SMILES string of the molecule is CN1CCN(c2ccccc2NS(=O)(=O)c2c(F)cccc2F)CC1. The third-order valence-corrected chi connectivity index (χ3v) is 5.60. The first-order valence-corrected chi connectivity index (χ1v) is 9.36. The molecule has 0 unspecified atom stereocenters. The molecule has 25 heavy (non-hydrogen) atoms. The maximum Gasteiger partial charge on any atom is 0.267 e. The number of likely N-dealkylation sites (N-methyl/N-ethyl adjacent to an activating group) is 1. The fourth-order valence-electron chi connectivity index (χ4n) is 2.82. The molecule has 0 aliphatic carbocycles. The van der Waals surface area contributed by atoms with E-state index in [-0.39, 0.29) is 0 Å². The van der Waals surface area contributed by atoms with Gasteiger partial charge < -0.3 is 9.80 Å². The normalized spacial score (nSPS) is 16.0. The molecule has 2 aromatic carbocycles. The molecule has 2 aromatic rings. The highest BCUT2D eigenvalue weighted by molar-refractivity contribution is 7.92. The number of para-hydroxylation sites is 2. The van der Waals surface area contributed by atoms with Gasteiger partial charge in [-0.05, 0) is 31.3 Å². The Kier molecular flexibility index (Phi) is 4.91. The van der Waals surface area contributed by atoms with Crippen LogP contribution in [0.4, 0.5) is 20.2 Å². The summed E-state index contributed by atoms with van der Waals surface area (Å²) < 4.78 is 55.1. The summed E-state index contributed by atoms with van der Waals surface area (Å²) >= 11 is 0. The number of piperazine rings is 1. The van der Waals surface area contributed by atoms with Crippen molar-refractivity contribution in [3.05, 3.63) is 54.1 Å². The summed E-state index contributed by atoms with van der Waals surface area (Å²) in [6.07, 6.45) is 0. The predicted molar refractivity (Wildman–Crippen MR) is 93.3 cm³/mol. The standard InChI is InChI=1S/C17H19F2N3O2S/c1-21-9-11-22(12-10-21)16-8-3-2-7-15(16)20-25(23,24)17-13(18)5-4-6-14(17)19/h2-8,20H,9-12H2,1H3. The lowest BCUT2D eigenvalue weighted by molar-refractivity contribution is 0.313. The lowest BCUT2D eigenvalue weighted by Crippen LogP contribution is -2.44. The molecule has 1 fully saturated rings. The largest absolute Gasteiger partial charge is 0.367 e. The van der Waals surface area contributed by atoms with Crippen molar-refractivity contribution < 1.29 is 17.2 Å². The van der Waals surface area contributed by atoms with Crippen LogP contribution in [0.3, 0.4) is 0 Å². The van der Waals surface area contributed by atoms with Crippen LogP contribution < -0.4 is 9.62 Å². The lowest BCUT2D eigenvalue weighted by atomic mass is 10.2. The lowest BCUT2D eigenvalue weighted by Gasteiger charge is -2.35. The number of nitrogens with one attached hydrogen (secondary N) is 1. The smallest absolute Gasteiger partial charge is 0.267 e. The van der Waals surface area contributed by atoms with E-state index in [1.165, 1.54) is 0 Å². The van der Waals surface area contributed by atoms with Crippen LogP contribution in [0.1, 0.15) is 0 Å². The Morgan fingerprint density at radius 1 is 0.920 bits per heavy atom. The molecule has 3 rings (SSSR count). The van der Waals surface area contributed by atoms with E-state index in [2.05, 4.69) is 14.5 Å². The van der Waals surface area contributed by atoms with Gasteiger partial charge in [0.2, 0.25) is 0 Å². The Hall–Kier alpha value is -2.19. The molecule has 5 nitrogen and oxygen atoms in total. The minimum Gasteiger partial charge on any atom is -0.367 e. The molecular weight excluding hydrogens is 348 g/mol. The van der Waals surface area contributed by atoms with E-state index in [4.69, 9.17) is 0 Å². The second-order valence-electron chi connectivity index (χ2n) is 5.96. The summed E-state index contributed by atoms with van der Waals surface area (Å²) in [5.41, 5.74) is 0.991. The van der Waals surface area contributed by atoms with Gasteiger partial charge in [0.1, 0.15) is 11.6 Å².